The van der Waals surface area contributed by atoms with Crippen LogP contribution in [0.15, 0.2) is 66.7 Å². The molecule has 0 fully saturated rings. The Bertz CT molecular complexity index is 948. The van der Waals surface area contributed by atoms with E-state index in [0.29, 0.717) is 27.3 Å². The van der Waals surface area contributed by atoms with Crippen LogP contribution in [-0.2, 0) is 0 Å². The summed E-state index contributed by atoms with van der Waals surface area (Å²) in [6.45, 7) is 0. The SMILES string of the molecule is COc1ccc(Cl)cc1NC(=S)Nc1cc(-c2ccccc2)ccc1OC. The smallest absolute Gasteiger partial charge is 0.175 e. The van der Waals surface area contributed by atoms with Crippen LogP contribution in [-0.4, -0.2) is 19.3 Å². The van der Waals surface area contributed by atoms with E-state index in [1.54, 1.807) is 32.4 Å². The zero-order valence-corrected chi connectivity index (χ0v) is 16.5. The number of hydrogen-bond acceptors (Lipinski definition) is 3. The quantitative estimate of drug-likeness (QED) is 0.529. The van der Waals surface area contributed by atoms with Gasteiger partial charge in [-0.25, -0.2) is 0 Å². The van der Waals surface area contributed by atoms with Crippen molar-refractivity contribution in [2.75, 3.05) is 24.9 Å². The maximum atomic E-state index is 6.07. The first kappa shape index (κ1) is 19.0. The molecular formula is C21H19ClN2O2S. The number of nitrogens with one attached hydrogen (secondary N) is 2. The van der Waals surface area contributed by atoms with Gasteiger partial charge in [-0.2, -0.15) is 0 Å². The largest absolute Gasteiger partial charge is 0.495 e. The molecule has 4 nitrogen and oxygen atoms in total. The van der Waals surface area contributed by atoms with Crippen molar-refractivity contribution in [3.05, 3.63) is 71.8 Å². The molecule has 0 aliphatic carbocycles. The molecular weight excluding hydrogens is 380 g/mol. The van der Waals surface area contributed by atoms with Crippen LogP contribution in [0.4, 0.5) is 11.4 Å². The summed E-state index contributed by atoms with van der Waals surface area (Å²) < 4.78 is 10.8. The van der Waals surface area contributed by atoms with Gasteiger partial charge in [0.05, 0.1) is 25.6 Å². The molecule has 3 rings (SSSR count). The van der Waals surface area contributed by atoms with E-state index in [1.165, 1.54) is 0 Å². The second-order valence-corrected chi connectivity index (χ2v) is 6.55. The molecule has 0 amide bonds. The molecule has 27 heavy (non-hydrogen) atoms. The molecule has 0 spiro atoms. The number of thiocarbonyl (C=S) groups is 1. The van der Waals surface area contributed by atoms with Gasteiger partial charge in [0.1, 0.15) is 11.5 Å². The van der Waals surface area contributed by atoms with Crippen molar-refractivity contribution in [2.24, 2.45) is 0 Å². The summed E-state index contributed by atoms with van der Waals surface area (Å²) in [6, 6.07) is 21.3. The maximum absolute atomic E-state index is 6.07. The highest BCUT2D eigenvalue weighted by molar-refractivity contribution is 7.80. The summed E-state index contributed by atoms with van der Waals surface area (Å²) in [5, 5.41) is 7.29. The molecule has 0 aliphatic rings. The first-order valence-corrected chi connectivity index (χ1v) is 9.04. The topological polar surface area (TPSA) is 42.5 Å². The summed E-state index contributed by atoms with van der Waals surface area (Å²) in [5.74, 6) is 1.34. The summed E-state index contributed by atoms with van der Waals surface area (Å²) in [7, 11) is 3.22. The lowest BCUT2D eigenvalue weighted by Gasteiger charge is -2.16. The third-order valence-electron chi connectivity index (χ3n) is 3.96. The average molecular weight is 399 g/mol. The Labute approximate surface area is 169 Å². The van der Waals surface area contributed by atoms with Crippen molar-refractivity contribution in [2.45, 2.75) is 0 Å². The van der Waals surface area contributed by atoms with Crippen LogP contribution in [0.3, 0.4) is 0 Å². The molecule has 0 heterocycles. The summed E-state index contributed by atoms with van der Waals surface area (Å²) in [4.78, 5) is 0. The molecule has 0 saturated carbocycles. The molecule has 0 aromatic heterocycles. The summed E-state index contributed by atoms with van der Waals surface area (Å²) >= 11 is 11.5. The molecule has 2 N–H and O–H groups in total. The van der Waals surface area contributed by atoms with E-state index < -0.39 is 0 Å². The number of rotatable bonds is 5. The van der Waals surface area contributed by atoms with Gasteiger partial charge in [0.15, 0.2) is 5.11 Å². The fraction of sp³-hybridized carbons (Fsp3) is 0.0952. The molecule has 3 aromatic rings. The highest BCUT2D eigenvalue weighted by Crippen LogP contribution is 2.32. The number of halogens is 1. The lowest BCUT2D eigenvalue weighted by atomic mass is 10.0. The normalized spacial score (nSPS) is 10.2. The minimum absolute atomic E-state index is 0.402. The Hall–Kier alpha value is -2.76. The Balaban J connectivity index is 1.84. The van der Waals surface area contributed by atoms with Crippen LogP contribution in [0.2, 0.25) is 5.02 Å². The molecule has 138 valence electrons. The lowest BCUT2D eigenvalue weighted by molar-refractivity contribution is 0.417. The van der Waals surface area contributed by atoms with Gasteiger partial charge in [-0.15, -0.1) is 0 Å². The highest BCUT2D eigenvalue weighted by Gasteiger charge is 2.10. The van der Waals surface area contributed by atoms with E-state index in [1.807, 2.05) is 36.4 Å². The van der Waals surface area contributed by atoms with E-state index in [0.717, 1.165) is 16.8 Å². The second kappa shape index (κ2) is 8.75. The van der Waals surface area contributed by atoms with E-state index in [2.05, 4.69) is 22.8 Å². The Kier molecular flexibility index (Phi) is 6.16. The van der Waals surface area contributed by atoms with Crippen LogP contribution >= 0.6 is 23.8 Å². The minimum atomic E-state index is 0.402. The van der Waals surface area contributed by atoms with Crippen LogP contribution in [0.1, 0.15) is 0 Å². The molecule has 0 radical (unpaired) electrons. The number of hydrogen-bond donors (Lipinski definition) is 2. The van der Waals surface area contributed by atoms with Crippen molar-refractivity contribution in [1.29, 1.82) is 0 Å². The molecule has 0 saturated heterocycles. The first-order valence-electron chi connectivity index (χ1n) is 8.25. The number of methoxy groups -OCH3 is 2. The molecule has 3 aromatic carbocycles. The molecule has 6 heteroatoms. The molecule has 0 atom stereocenters. The van der Waals surface area contributed by atoms with Gasteiger partial charge in [-0.1, -0.05) is 48.0 Å². The van der Waals surface area contributed by atoms with Crippen molar-refractivity contribution in [3.63, 3.8) is 0 Å². The predicted molar refractivity (Wildman–Crippen MR) is 116 cm³/mol. The summed E-state index contributed by atoms with van der Waals surface area (Å²) in [6.07, 6.45) is 0. The Morgan fingerprint density at radius 1 is 0.778 bits per heavy atom. The van der Waals surface area contributed by atoms with E-state index in [9.17, 15) is 0 Å². The van der Waals surface area contributed by atoms with Crippen molar-refractivity contribution >= 4 is 40.3 Å². The van der Waals surface area contributed by atoms with Gasteiger partial charge in [0.25, 0.3) is 0 Å². The molecule has 0 bridgehead atoms. The number of ether oxygens (including phenoxy) is 2. The second-order valence-electron chi connectivity index (χ2n) is 5.70. The van der Waals surface area contributed by atoms with Gasteiger partial charge >= 0.3 is 0 Å². The monoisotopic (exact) mass is 398 g/mol. The van der Waals surface area contributed by atoms with Crippen molar-refractivity contribution in [1.82, 2.24) is 0 Å². The number of anilines is 2. The Morgan fingerprint density at radius 2 is 1.37 bits per heavy atom. The van der Waals surface area contributed by atoms with Gasteiger partial charge in [0.2, 0.25) is 0 Å². The third kappa shape index (κ3) is 4.70. The predicted octanol–water partition coefficient (Wildman–Crippen LogP) is 5.83. The van der Waals surface area contributed by atoms with Crippen LogP contribution < -0.4 is 20.1 Å². The van der Waals surface area contributed by atoms with Gasteiger partial charge in [-0.05, 0) is 53.7 Å². The average Bonchev–Trinajstić information content (AvgIpc) is 2.69. The third-order valence-corrected chi connectivity index (χ3v) is 4.40. The first-order chi connectivity index (χ1) is 13.1. The fourth-order valence-electron chi connectivity index (χ4n) is 2.67. The number of benzene rings is 3. The highest BCUT2D eigenvalue weighted by atomic mass is 35.5. The van der Waals surface area contributed by atoms with Crippen LogP contribution in [0.5, 0.6) is 11.5 Å². The van der Waals surface area contributed by atoms with E-state index in [-0.39, 0.29) is 0 Å². The molecule has 0 aliphatic heterocycles. The summed E-state index contributed by atoms with van der Waals surface area (Å²) in [5.41, 5.74) is 3.61. The van der Waals surface area contributed by atoms with Crippen LogP contribution in [0, 0.1) is 0 Å². The lowest BCUT2D eigenvalue weighted by Crippen LogP contribution is -2.20. The fourth-order valence-corrected chi connectivity index (χ4v) is 3.06. The zero-order chi connectivity index (χ0) is 19.2. The van der Waals surface area contributed by atoms with E-state index in [4.69, 9.17) is 33.3 Å². The minimum Gasteiger partial charge on any atom is -0.495 e. The van der Waals surface area contributed by atoms with Gasteiger partial charge in [0, 0.05) is 5.02 Å². The zero-order valence-electron chi connectivity index (χ0n) is 15.0. The van der Waals surface area contributed by atoms with Crippen molar-refractivity contribution in [3.8, 4) is 22.6 Å². The van der Waals surface area contributed by atoms with Gasteiger partial charge < -0.3 is 20.1 Å². The van der Waals surface area contributed by atoms with Gasteiger partial charge in [-0.3, -0.25) is 0 Å². The Morgan fingerprint density at radius 3 is 2.00 bits per heavy atom. The van der Waals surface area contributed by atoms with Crippen LogP contribution in [0.25, 0.3) is 11.1 Å². The standard InChI is InChI=1S/C21H19ClN2O2S/c1-25-19-10-8-15(14-6-4-3-5-7-14)12-17(19)23-21(27)24-18-13-16(22)9-11-20(18)26-2/h3-13H,1-2H3,(H2,23,24,27). The maximum Gasteiger partial charge on any atom is 0.175 e. The van der Waals surface area contributed by atoms with Crippen molar-refractivity contribution < 1.29 is 9.47 Å². The molecule has 0 unspecified atom stereocenters. The van der Waals surface area contributed by atoms with E-state index >= 15 is 0 Å².